The van der Waals surface area contributed by atoms with Gasteiger partial charge in [-0.15, -0.1) is 11.8 Å². The van der Waals surface area contributed by atoms with Crippen LogP contribution in [0.25, 0.3) is 0 Å². The van der Waals surface area contributed by atoms with Crippen LogP contribution in [0, 0.1) is 6.92 Å². The number of rotatable bonds is 3. The number of benzene rings is 1. The summed E-state index contributed by atoms with van der Waals surface area (Å²) < 4.78 is 6.13. The van der Waals surface area contributed by atoms with E-state index in [9.17, 15) is 4.79 Å². The van der Waals surface area contributed by atoms with Crippen LogP contribution in [-0.4, -0.2) is 45.5 Å². The SMILES string of the molecule is Cc1cccc(C(=O)N2CC3(CC(Oc4ccccn4)CS3)C2)c1. The molecule has 2 saturated heterocycles. The van der Waals surface area contributed by atoms with E-state index in [2.05, 4.69) is 4.98 Å². The summed E-state index contributed by atoms with van der Waals surface area (Å²) in [6.07, 6.45) is 2.91. The third kappa shape index (κ3) is 3.00. The highest BCUT2D eigenvalue weighted by Gasteiger charge is 2.51. The van der Waals surface area contributed by atoms with Crippen LogP contribution in [0.4, 0.5) is 0 Å². The van der Waals surface area contributed by atoms with Gasteiger partial charge in [-0.1, -0.05) is 23.8 Å². The van der Waals surface area contributed by atoms with Crippen molar-refractivity contribution in [2.75, 3.05) is 18.8 Å². The topological polar surface area (TPSA) is 42.4 Å². The smallest absolute Gasteiger partial charge is 0.253 e. The van der Waals surface area contributed by atoms with Crippen LogP contribution in [0.2, 0.25) is 0 Å². The van der Waals surface area contributed by atoms with Crippen molar-refractivity contribution < 1.29 is 9.53 Å². The molecule has 0 aliphatic carbocycles. The second kappa shape index (κ2) is 6.13. The standard InChI is InChI=1S/C19H20N2O2S/c1-14-5-4-6-15(9-14)18(22)21-12-19(13-21)10-16(11-24-19)23-17-7-2-3-8-20-17/h2-9,16H,10-13H2,1H3. The summed E-state index contributed by atoms with van der Waals surface area (Å²) in [7, 11) is 0. The number of carbonyl (C=O) groups is 1. The van der Waals surface area contributed by atoms with Gasteiger partial charge < -0.3 is 9.64 Å². The van der Waals surface area contributed by atoms with E-state index in [1.165, 1.54) is 0 Å². The minimum atomic E-state index is 0.138. The third-order valence-corrected chi connectivity index (χ3v) is 6.19. The Kier molecular flexibility index (Phi) is 3.96. The van der Waals surface area contributed by atoms with Crippen LogP contribution in [-0.2, 0) is 0 Å². The van der Waals surface area contributed by atoms with Crippen LogP contribution < -0.4 is 4.74 Å². The fraction of sp³-hybridized carbons (Fsp3) is 0.368. The van der Waals surface area contributed by atoms with E-state index in [0.29, 0.717) is 5.88 Å². The van der Waals surface area contributed by atoms with Crippen molar-refractivity contribution in [3.8, 4) is 5.88 Å². The largest absolute Gasteiger partial charge is 0.473 e. The number of aryl methyl sites for hydroxylation is 1. The first-order chi connectivity index (χ1) is 11.6. The molecule has 1 aromatic carbocycles. The first-order valence-electron chi connectivity index (χ1n) is 8.21. The summed E-state index contributed by atoms with van der Waals surface area (Å²) >= 11 is 1.93. The molecule has 1 amide bonds. The van der Waals surface area contributed by atoms with E-state index in [1.54, 1.807) is 6.20 Å². The number of likely N-dealkylation sites (tertiary alicyclic amines) is 1. The molecule has 2 fully saturated rings. The van der Waals surface area contributed by atoms with E-state index in [0.717, 1.165) is 36.4 Å². The average molecular weight is 340 g/mol. The number of ether oxygens (including phenoxy) is 1. The van der Waals surface area contributed by atoms with E-state index < -0.39 is 0 Å². The van der Waals surface area contributed by atoms with Gasteiger partial charge in [0.05, 0.1) is 4.75 Å². The van der Waals surface area contributed by atoms with E-state index in [-0.39, 0.29) is 16.8 Å². The number of thioether (sulfide) groups is 1. The lowest BCUT2D eigenvalue weighted by molar-refractivity contribution is 0.0516. The molecule has 1 aromatic heterocycles. The lowest BCUT2D eigenvalue weighted by Crippen LogP contribution is -2.60. The summed E-state index contributed by atoms with van der Waals surface area (Å²) in [5.41, 5.74) is 1.91. The molecule has 1 atom stereocenters. The zero-order chi connectivity index (χ0) is 16.6. The monoisotopic (exact) mass is 340 g/mol. The Bertz CT molecular complexity index is 744. The number of nitrogens with zero attached hydrogens (tertiary/aromatic N) is 2. The summed E-state index contributed by atoms with van der Waals surface area (Å²) in [6.45, 7) is 3.64. The first kappa shape index (κ1) is 15.5. The fourth-order valence-electron chi connectivity index (χ4n) is 3.44. The Labute approximate surface area is 146 Å². The zero-order valence-electron chi connectivity index (χ0n) is 13.6. The first-order valence-corrected chi connectivity index (χ1v) is 9.20. The van der Waals surface area contributed by atoms with Crippen LogP contribution >= 0.6 is 11.8 Å². The predicted octanol–water partition coefficient (Wildman–Crippen LogP) is 3.17. The summed E-state index contributed by atoms with van der Waals surface area (Å²) in [5.74, 6) is 1.79. The zero-order valence-corrected chi connectivity index (χ0v) is 14.5. The second-order valence-electron chi connectivity index (χ2n) is 6.64. The second-order valence-corrected chi connectivity index (χ2v) is 8.12. The molecule has 0 saturated carbocycles. The van der Waals surface area contributed by atoms with Crippen molar-refractivity contribution in [3.05, 3.63) is 59.8 Å². The minimum absolute atomic E-state index is 0.138. The molecule has 0 bridgehead atoms. The van der Waals surface area contributed by atoms with Crippen LogP contribution in [0.3, 0.4) is 0 Å². The lowest BCUT2D eigenvalue weighted by atomic mass is 9.92. The molecule has 2 aliphatic rings. The molecule has 2 aliphatic heterocycles. The molecule has 24 heavy (non-hydrogen) atoms. The Morgan fingerprint density at radius 2 is 2.17 bits per heavy atom. The number of pyridine rings is 1. The van der Waals surface area contributed by atoms with Gasteiger partial charge in [-0.25, -0.2) is 4.98 Å². The number of amides is 1. The molecule has 4 nitrogen and oxygen atoms in total. The number of hydrogen-bond donors (Lipinski definition) is 0. The van der Waals surface area contributed by atoms with E-state index >= 15 is 0 Å². The highest BCUT2D eigenvalue weighted by Crippen LogP contribution is 2.46. The molecule has 0 radical (unpaired) electrons. The van der Waals surface area contributed by atoms with Gasteiger partial charge in [-0.05, 0) is 25.1 Å². The summed E-state index contributed by atoms with van der Waals surface area (Å²) in [4.78, 5) is 18.7. The van der Waals surface area contributed by atoms with Crippen LogP contribution in [0.5, 0.6) is 5.88 Å². The van der Waals surface area contributed by atoms with Gasteiger partial charge in [0.1, 0.15) is 6.10 Å². The molecule has 4 rings (SSSR count). The van der Waals surface area contributed by atoms with Crippen LogP contribution in [0.1, 0.15) is 22.3 Å². The van der Waals surface area contributed by atoms with Crippen molar-refractivity contribution in [3.63, 3.8) is 0 Å². The van der Waals surface area contributed by atoms with Crippen molar-refractivity contribution in [2.24, 2.45) is 0 Å². The van der Waals surface area contributed by atoms with E-state index in [4.69, 9.17) is 4.74 Å². The van der Waals surface area contributed by atoms with Gasteiger partial charge in [-0.2, -0.15) is 0 Å². The van der Waals surface area contributed by atoms with Crippen molar-refractivity contribution >= 4 is 17.7 Å². The van der Waals surface area contributed by atoms with Gasteiger partial charge in [-0.3, -0.25) is 4.79 Å². The molecule has 3 heterocycles. The predicted molar refractivity (Wildman–Crippen MR) is 95.5 cm³/mol. The molecule has 2 aromatic rings. The number of hydrogen-bond acceptors (Lipinski definition) is 4. The van der Waals surface area contributed by atoms with Crippen LogP contribution in [0.15, 0.2) is 48.7 Å². The summed E-state index contributed by atoms with van der Waals surface area (Å²) in [6, 6.07) is 13.5. The van der Waals surface area contributed by atoms with Gasteiger partial charge >= 0.3 is 0 Å². The highest BCUT2D eigenvalue weighted by atomic mass is 32.2. The normalized spacial score (nSPS) is 21.5. The maximum absolute atomic E-state index is 12.6. The molecule has 1 spiro atoms. The Hall–Kier alpha value is -2.01. The molecular weight excluding hydrogens is 320 g/mol. The van der Waals surface area contributed by atoms with Crippen molar-refractivity contribution in [2.45, 2.75) is 24.2 Å². The lowest BCUT2D eigenvalue weighted by Gasteiger charge is -2.47. The minimum Gasteiger partial charge on any atom is -0.473 e. The third-order valence-electron chi connectivity index (χ3n) is 4.61. The fourth-order valence-corrected chi connectivity index (χ4v) is 4.96. The Balaban J connectivity index is 1.34. The molecular formula is C19H20N2O2S. The Morgan fingerprint density at radius 3 is 2.92 bits per heavy atom. The highest BCUT2D eigenvalue weighted by molar-refractivity contribution is 8.01. The maximum Gasteiger partial charge on any atom is 0.253 e. The quantitative estimate of drug-likeness (QED) is 0.861. The van der Waals surface area contributed by atoms with Gasteiger partial charge in [0, 0.05) is 43.1 Å². The summed E-state index contributed by atoms with van der Waals surface area (Å²) in [5, 5.41) is 0. The van der Waals surface area contributed by atoms with Crippen molar-refractivity contribution in [1.82, 2.24) is 9.88 Å². The maximum atomic E-state index is 12.6. The molecule has 124 valence electrons. The van der Waals surface area contributed by atoms with Gasteiger partial charge in [0.25, 0.3) is 5.91 Å². The number of carbonyl (C=O) groups excluding carboxylic acids is 1. The number of aromatic nitrogens is 1. The Morgan fingerprint density at radius 1 is 1.29 bits per heavy atom. The van der Waals surface area contributed by atoms with Gasteiger partial charge in [0.15, 0.2) is 0 Å². The van der Waals surface area contributed by atoms with Crippen molar-refractivity contribution in [1.29, 1.82) is 0 Å². The van der Waals surface area contributed by atoms with E-state index in [1.807, 2.05) is 66.1 Å². The average Bonchev–Trinajstić information content (AvgIpc) is 2.98. The molecule has 5 heteroatoms. The van der Waals surface area contributed by atoms with Gasteiger partial charge in [0.2, 0.25) is 5.88 Å². The molecule has 1 unspecified atom stereocenters. The molecule has 0 N–H and O–H groups in total.